The van der Waals surface area contributed by atoms with E-state index >= 15 is 0 Å². The molecule has 0 aliphatic heterocycles. The minimum atomic E-state index is -1.27. The second-order valence-electron chi connectivity index (χ2n) is 5.83. The van der Waals surface area contributed by atoms with E-state index in [1.54, 1.807) is 48.7 Å². The van der Waals surface area contributed by atoms with Crippen LogP contribution in [0.5, 0.6) is 0 Å². The quantitative estimate of drug-likeness (QED) is 0.601. The Morgan fingerprint density at radius 1 is 0.926 bits per heavy atom. The normalized spacial score (nSPS) is 11.1. The second-order valence-corrected chi connectivity index (χ2v) is 5.83. The predicted octanol–water partition coefficient (Wildman–Crippen LogP) is -0.385. The van der Waals surface area contributed by atoms with Crippen molar-refractivity contribution < 1.29 is 44.3 Å². The molecule has 0 fully saturated rings. The number of carbonyl (C=O) groups excluding carboxylic acids is 2. The Morgan fingerprint density at radius 3 is 2.19 bits per heavy atom. The van der Waals surface area contributed by atoms with Crippen molar-refractivity contribution in [1.29, 1.82) is 0 Å². The van der Waals surface area contributed by atoms with Crippen molar-refractivity contribution >= 4 is 17.6 Å². The van der Waals surface area contributed by atoms with E-state index < -0.39 is 11.9 Å². The number of anilines is 1. The smallest absolute Gasteiger partial charge is 0.549 e. The summed E-state index contributed by atoms with van der Waals surface area (Å²) >= 11 is 0. The van der Waals surface area contributed by atoms with Crippen LogP contribution in [0.15, 0.2) is 79.0 Å². The minimum absolute atomic E-state index is 0. The minimum Gasteiger partial charge on any atom is -0.549 e. The fraction of sp³-hybridized carbons (Fsp3) is 0.0952. The number of nitrogens with one attached hydrogen (secondary N) is 1. The molecule has 3 rings (SSSR count). The number of pyridine rings is 1. The number of carboxylic acid groups (broad SMARTS) is 1. The van der Waals surface area contributed by atoms with Gasteiger partial charge in [0.2, 0.25) is 5.91 Å². The first kappa shape index (κ1) is 20.8. The predicted molar refractivity (Wildman–Crippen MR) is 97.1 cm³/mol. The van der Waals surface area contributed by atoms with E-state index in [1.165, 1.54) is 0 Å². The second kappa shape index (κ2) is 10.0. The van der Waals surface area contributed by atoms with Gasteiger partial charge in [0.25, 0.3) is 0 Å². The number of rotatable bonds is 6. The zero-order valence-electron chi connectivity index (χ0n) is 15.0. The number of hydrogen-bond donors (Lipinski definition) is 1. The van der Waals surface area contributed by atoms with Gasteiger partial charge in [0, 0.05) is 35.8 Å². The average molecular weight is 368 g/mol. The summed E-state index contributed by atoms with van der Waals surface area (Å²) in [5.41, 5.74) is 2.92. The van der Waals surface area contributed by atoms with Gasteiger partial charge in [-0.3, -0.25) is 9.78 Å². The molecule has 0 radical (unpaired) electrons. The SMILES string of the molecule is O=C(CC(C(=O)[O-])c1ccccc1)Nc1ccc(-c2ccccn2)cc1.[Na+]. The molecule has 5 nitrogen and oxygen atoms in total. The Kier molecular flexibility index (Phi) is 7.73. The van der Waals surface area contributed by atoms with E-state index in [4.69, 9.17) is 0 Å². The standard InChI is InChI=1S/C21H18N2O3.Na/c24-20(14-18(21(25)26)15-6-2-1-3-7-15)23-17-11-9-16(10-12-17)19-8-4-5-13-22-19;/h1-13,18H,14H2,(H,23,24)(H,25,26);/q;+1/p-1. The summed E-state index contributed by atoms with van der Waals surface area (Å²) < 4.78 is 0. The fourth-order valence-corrected chi connectivity index (χ4v) is 2.68. The molecule has 130 valence electrons. The first-order chi connectivity index (χ1) is 12.6. The molecule has 1 N–H and O–H groups in total. The van der Waals surface area contributed by atoms with E-state index in [1.807, 2.05) is 30.3 Å². The van der Waals surface area contributed by atoms with Crippen molar-refractivity contribution in [3.05, 3.63) is 84.6 Å². The number of benzene rings is 2. The van der Waals surface area contributed by atoms with Crippen LogP contribution in [0.25, 0.3) is 11.3 Å². The Balaban J connectivity index is 0.00000261. The van der Waals surface area contributed by atoms with Crippen molar-refractivity contribution in [2.24, 2.45) is 0 Å². The summed E-state index contributed by atoms with van der Waals surface area (Å²) in [5.74, 6) is -2.63. The van der Waals surface area contributed by atoms with E-state index in [-0.39, 0.29) is 41.9 Å². The molecule has 1 aromatic heterocycles. The summed E-state index contributed by atoms with van der Waals surface area (Å²) in [6.45, 7) is 0. The first-order valence-electron chi connectivity index (χ1n) is 8.20. The molecule has 1 heterocycles. The molecule has 1 unspecified atom stereocenters. The van der Waals surface area contributed by atoms with Crippen LogP contribution in [0.4, 0.5) is 5.69 Å². The van der Waals surface area contributed by atoms with Crippen LogP contribution in [0, 0.1) is 0 Å². The van der Waals surface area contributed by atoms with E-state index in [9.17, 15) is 14.7 Å². The Labute approximate surface area is 179 Å². The third kappa shape index (κ3) is 5.76. The maximum absolute atomic E-state index is 12.2. The van der Waals surface area contributed by atoms with Gasteiger partial charge in [-0.1, -0.05) is 48.5 Å². The molecule has 0 saturated carbocycles. The maximum Gasteiger partial charge on any atom is 1.00 e. The number of nitrogens with zero attached hydrogens (tertiary/aromatic N) is 1. The first-order valence-corrected chi connectivity index (χ1v) is 8.20. The van der Waals surface area contributed by atoms with Crippen molar-refractivity contribution in [1.82, 2.24) is 4.98 Å². The van der Waals surface area contributed by atoms with Crippen molar-refractivity contribution in [2.45, 2.75) is 12.3 Å². The van der Waals surface area contributed by atoms with Gasteiger partial charge in [0.05, 0.1) is 5.69 Å². The van der Waals surface area contributed by atoms with Gasteiger partial charge in [-0.2, -0.15) is 0 Å². The Bertz CT molecular complexity index is 884. The van der Waals surface area contributed by atoms with Gasteiger partial charge >= 0.3 is 29.6 Å². The molecule has 0 spiro atoms. The number of amides is 1. The van der Waals surface area contributed by atoms with Gasteiger partial charge in [0.15, 0.2) is 0 Å². The Hall–Kier alpha value is -2.47. The van der Waals surface area contributed by atoms with E-state index in [0.29, 0.717) is 11.3 Å². The van der Waals surface area contributed by atoms with Crippen molar-refractivity contribution in [3.8, 4) is 11.3 Å². The van der Waals surface area contributed by atoms with Gasteiger partial charge < -0.3 is 15.2 Å². The van der Waals surface area contributed by atoms with Gasteiger partial charge in [0.1, 0.15) is 0 Å². The zero-order chi connectivity index (χ0) is 18.4. The third-order valence-electron chi connectivity index (χ3n) is 4.01. The summed E-state index contributed by atoms with van der Waals surface area (Å²) in [5, 5.41) is 14.1. The van der Waals surface area contributed by atoms with E-state index in [2.05, 4.69) is 10.3 Å². The molecule has 3 aromatic rings. The summed E-state index contributed by atoms with van der Waals surface area (Å²) in [6.07, 6.45) is 1.53. The van der Waals surface area contributed by atoms with Crippen molar-refractivity contribution in [2.75, 3.05) is 5.32 Å². The zero-order valence-corrected chi connectivity index (χ0v) is 17.0. The van der Waals surface area contributed by atoms with E-state index in [0.717, 1.165) is 11.3 Å². The fourth-order valence-electron chi connectivity index (χ4n) is 2.68. The monoisotopic (exact) mass is 368 g/mol. The van der Waals surface area contributed by atoms with Crippen LogP contribution in [0.1, 0.15) is 17.9 Å². The van der Waals surface area contributed by atoms with Crippen molar-refractivity contribution in [3.63, 3.8) is 0 Å². The van der Waals surface area contributed by atoms with Crippen LogP contribution in [0.3, 0.4) is 0 Å². The molecule has 6 heteroatoms. The molecular weight excluding hydrogens is 351 g/mol. The molecule has 1 atom stereocenters. The number of aliphatic carboxylic acids is 1. The van der Waals surface area contributed by atoms with Crippen LogP contribution in [-0.2, 0) is 9.59 Å². The molecule has 0 aliphatic carbocycles. The molecule has 0 aliphatic rings. The van der Waals surface area contributed by atoms with Crippen LogP contribution >= 0.6 is 0 Å². The largest absolute Gasteiger partial charge is 1.00 e. The van der Waals surface area contributed by atoms with Crippen LogP contribution in [-0.4, -0.2) is 16.9 Å². The molecule has 27 heavy (non-hydrogen) atoms. The number of aromatic nitrogens is 1. The summed E-state index contributed by atoms with van der Waals surface area (Å²) in [6, 6.07) is 21.5. The molecule has 2 aromatic carbocycles. The number of carbonyl (C=O) groups is 2. The van der Waals surface area contributed by atoms with Gasteiger partial charge in [-0.05, 0) is 29.8 Å². The van der Waals surface area contributed by atoms with Crippen LogP contribution in [0.2, 0.25) is 0 Å². The van der Waals surface area contributed by atoms with Gasteiger partial charge in [-0.25, -0.2) is 0 Å². The maximum atomic E-state index is 12.2. The number of carboxylic acids is 1. The van der Waals surface area contributed by atoms with Crippen LogP contribution < -0.4 is 40.0 Å². The average Bonchev–Trinajstić information content (AvgIpc) is 2.68. The molecule has 1 amide bonds. The molecule has 0 saturated heterocycles. The summed E-state index contributed by atoms with van der Waals surface area (Å²) in [4.78, 5) is 27.9. The number of hydrogen-bond acceptors (Lipinski definition) is 4. The topological polar surface area (TPSA) is 82.1 Å². The third-order valence-corrected chi connectivity index (χ3v) is 4.01. The van der Waals surface area contributed by atoms with Gasteiger partial charge in [-0.15, -0.1) is 0 Å². The molecule has 0 bridgehead atoms. The summed E-state index contributed by atoms with van der Waals surface area (Å²) in [7, 11) is 0. The molecular formula is C21H17N2NaO3. The Morgan fingerprint density at radius 2 is 1.59 bits per heavy atom.